The Morgan fingerprint density at radius 1 is 1.38 bits per heavy atom. The maximum absolute atomic E-state index is 12.6. The van der Waals surface area contributed by atoms with Crippen LogP contribution in [-0.4, -0.2) is 30.4 Å². The van der Waals surface area contributed by atoms with Gasteiger partial charge in [-0.3, -0.25) is 9.59 Å². The summed E-state index contributed by atoms with van der Waals surface area (Å²) in [5, 5.41) is 4.70. The summed E-state index contributed by atoms with van der Waals surface area (Å²) >= 11 is 1.21. The van der Waals surface area contributed by atoms with Crippen molar-refractivity contribution in [1.29, 1.82) is 0 Å². The Morgan fingerprint density at radius 2 is 2.17 bits per heavy atom. The van der Waals surface area contributed by atoms with Gasteiger partial charge in [-0.2, -0.15) is 0 Å². The lowest BCUT2D eigenvalue weighted by Gasteiger charge is -2.33. The quantitative estimate of drug-likeness (QED) is 0.668. The van der Waals surface area contributed by atoms with Crippen molar-refractivity contribution < 1.29 is 23.9 Å². The maximum Gasteiger partial charge on any atom is 0.341 e. The van der Waals surface area contributed by atoms with Crippen LogP contribution in [0.3, 0.4) is 0 Å². The highest BCUT2D eigenvalue weighted by Gasteiger charge is 2.39. The SMILES string of the molecule is CCOC(=O)c1ccsc1NC(=O)C1=COC2CCCCC2C1=O. The summed E-state index contributed by atoms with van der Waals surface area (Å²) in [5.74, 6) is -1.45. The highest BCUT2D eigenvalue weighted by Crippen LogP contribution is 2.33. The Morgan fingerprint density at radius 3 is 2.96 bits per heavy atom. The number of rotatable bonds is 4. The molecule has 0 spiro atoms. The van der Waals surface area contributed by atoms with E-state index in [2.05, 4.69) is 5.32 Å². The molecule has 2 atom stereocenters. The summed E-state index contributed by atoms with van der Waals surface area (Å²) in [5.41, 5.74) is 0.303. The molecule has 2 unspecified atom stereocenters. The highest BCUT2D eigenvalue weighted by molar-refractivity contribution is 7.14. The maximum atomic E-state index is 12.6. The molecule has 128 valence electrons. The molecule has 0 aromatic carbocycles. The van der Waals surface area contributed by atoms with E-state index in [9.17, 15) is 14.4 Å². The van der Waals surface area contributed by atoms with E-state index in [1.54, 1.807) is 18.4 Å². The number of carbonyl (C=O) groups excluding carboxylic acids is 3. The topological polar surface area (TPSA) is 81.7 Å². The molecule has 1 saturated carbocycles. The predicted molar refractivity (Wildman–Crippen MR) is 88.8 cm³/mol. The van der Waals surface area contributed by atoms with Gasteiger partial charge in [0.15, 0.2) is 5.78 Å². The second-order valence-electron chi connectivity index (χ2n) is 5.80. The normalized spacial score (nSPS) is 22.9. The molecule has 3 rings (SSSR count). The van der Waals surface area contributed by atoms with E-state index >= 15 is 0 Å². The zero-order valence-electron chi connectivity index (χ0n) is 13.4. The molecule has 0 radical (unpaired) electrons. The fourth-order valence-electron chi connectivity index (χ4n) is 3.08. The Bertz CT molecular complexity index is 693. The van der Waals surface area contributed by atoms with Crippen LogP contribution >= 0.6 is 11.3 Å². The third-order valence-electron chi connectivity index (χ3n) is 4.30. The van der Waals surface area contributed by atoms with Crippen LogP contribution in [0.5, 0.6) is 0 Å². The number of hydrogen-bond acceptors (Lipinski definition) is 6. The minimum Gasteiger partial charge on any atom is -0.496 e. The zero-order chi connectivity index (χ0) is 17.1. The summed E-state index contributed by atoms with van der Waals surface area (Å²) in [7, 11) is 0. The molecule has 1 amide bonds. The van der Waals surface area contributed by atoms with Crippen molar-refractivity contribution in [3.63, 3.8) is 0 Å². The third-order valence-corrected chi connectivity index (χ3v) is 5.13. The van der Waals surface area contributed by atoms with E-state index in [0.29, 0.717) is 5.00 Å². The number of carbonyl (C=O) groups is 3. The Hall–Kier alpha value is -2.15. The van der Waals surface area contributed by atoms with Crippen molar-refractivity contribution >= 4 is 34.0 Å². The molecule has 1 aliphatic carbocycles. The lowest BCUT2D eigenvalue weighted by Crippen LogP contribution is -2.39. The zero-order valence-corrected chi connectivity index (χ0v) is 14.2. The first-order valence-electron chi connectivity index (χ1n) is 8.07. The van der Waals surface area contributed by atoms with E-state index in [-0.39, 0.29) is 35.5 Å². The van der Waals surface area contributed by atoms with E-state index in [4.69, 9.17) is 9.47 Å². The van der Waals surface area contributed by atoms with Crippen LogP contribution in [0.15, 0.2) is 23.3 Å². The fraction of sp³-hybridized carbons (Fsp3) is 0.471. The van der Waals surface area contributed by atoms with Crippen LogP contribution in [0, 0.1) is 5.92 Å². The molecule has 0 bridgehead atoms. The van der Waals surface area contributed by atoms with E-state index < -0.39 is 11.9 Å². The number of amides is 1. The van der Waals surface area contributed by atoms with Gasteiger partial charge in [0, 0.05) is 0 Å². The standard InChI is InChI=1S/C17H19NO5S/c1-2-22-17(21)11-7-8-24-16(11)18-15(20)12-9-23-13-6-4-3-5-10(13)14(12)19/h7-10,13H,2-6H2,1H3,(H,18,20). The van der Waals surface area contributed by atoms with Gasteiger partial charge in [0.2, 0.25) is 0 Å². The summed E-state index contributed by atoms with van der Waals surface area (Å²) in [6, 6.07) is 1.59. The van der Waals surface area contributed by atoms with Gasteiger partial charge in [-0.05, 0) is 37.6 Å². The van der Waals surface area contributed by atoms with Gasteiger partial charge in [0.1, 0.15) is 16.7 Å². The molecule has 24 heavy (non-hydrogen) atoms. The second-order valence-corrected chi connectivity index (χ2v) is 6.72. The molecule has 1 fully saturated rings. The van der Waals surface area contributed by atoms with E-state index in [1.807, 2.05) is 0 Å². The summed E-state index contributed by atoms with van der Waals surface area (Å²) in [4.78, 5) is 36.9. The van der Waals surface area contributed by atoms with Crippen molar-refractivity contribution in [1.82, 2.24) is 0 Å². The number of hydrogen-bond donors (Lipinski definition) is 1. The summed E-state index contributed by atoms with van der Waals surface area (Å²) in [6.07, 6.45) is 4.77. The molecular formula is C17H19NO5S. The number of anilines is 1. The van der Waals surface area contributed by atoms with Gasteiger partial charge in [-0.25, -0.2) is 4.79 Å². The minimum atomic E-state index is -0.544. The van der Waals surface area contributed by atoms with Crippen molar-refractivity contribution in [2.24, 2.45) is 5.92 Å². The number of esters is 1. The van der Waals surface area contributed by atoms with Gasteiger partial charge in [0.05, 0.1) is 24.4 Å². The van der Waals surface area contributed by atoms with Crippen molar-refractivity contribution in [2.45, 2.75) is 38.7 Å². The van der Waals surface area contributed by atoms with Crippen molar-refractivity contribution in [3.8, 4) is 0 Å². The first-order chi connectivity index (χ1) is 11.6. The molecule has 1 aromatic heterocycles. The minimum absolute atomic E-state index is 0.0151. The largest absolute Gasteiger partial charge is 0.496 e. The van der Waals surface area contributed by atoms with Gasteiger partial charge >= 0.3 is 5.97 Å². The van der Waals surface area contributed by atoms with Crippen molar-refractivity contribution in [2.75, 3.05) is 11.9 Å². The number of thiophene rings is 1. The Kier molecular flexibility index (Phi) is 4.99. The van der Waals surface area contributed by atoms with Crippen LogP contribution in [0.1, 0.15) is 43.0 Å². The third kappa shape index (κ3) is 3.21. The number of Topliss-reactive ketones (excluding diaryl/α,β-unsaturated/α-hetero) is 1. The Balaban J connectivity index is 1.74. The molecule has 6 nitrogen and oxygen atoms in total. The van der Waals surface area contributed by atoms with Crippen LogP contribution in [0.25, 0.3) is 0 Å². The number of ketones is 1. The molecule has 2 heterocycles. The molecule has 1 N–H and O–H groups in total. The number of nitrogens with one attached hydrogen (secondary N) is 1. The lowest BCUT2D eigenvalue weighted by molar-refractivity contribution is -0.129. The van der Waals surface area contributed by atoms with Gasteiger partial charge in [-0.1, -0.05) is 6.42 Å². The monoisotopic (exact) mass is 349 g/mol. The van der Waals surface area contributed by atoms with Gasteiger partial charge in [-0.15, -0.1) is 11.3 Å². The number of fused-ring (bicyclic) bond motifs is 1. The van der Waals surface area contributed by atoms with Crippen LogP contribution in [0.4, 0.5) is 5.00 Å². The lowest BCUT2D eigenvalue weighted by atomic mass is 9.80. The molecule has 1 aliphatic heterocycles. The van der Waals surface area contributed by atoms with Crippen LogP contribution in [-0.2, 0) is 19.1 Å². The average Bonchev–Trinajstić information content (AvgIpc) is 3.03. The van der Waals surface area contributed by atoms with Gasteiger partial charge in [0.25, 0.3) is 5.91 Å². The molecular weight excluding hydrogens is 330 g/mol. The average molecular weight is 349 g/mol. The van der Waals surface area contributed by atoms with Gasteiger partial charge < -0.3 is 14.8 Å². The van der Waals surface area contributed by atoms with Crippen LogP contribution in [0.2, 0.25) is 0 Å². The van der Waals surface area contributed by atoms with E-state index in [1.165, 1.54) is 17.6 Å². The fourth-order valence-corrected chi connectivity index (χ4v) is 3.85. The van der Waals surface area contributed by atoms with E-state index in [0.717, 1.165) is 25.7 Å². The second kappa shape index (κ2) is 7.17. The number of ether oxygens (including phenoxy) is 2. The summed E-state index contributed by atoms with van der Waals surface area (Å²) in [6.45, 7) is 1.97. The smallest absolute Gasteiger partial charge is 0.341 e. The predicted octanol–water partition coefficient (Wildman–Crippen LogP) is 2.91. The first-order valence-corrected chi connectivity index (χ1v) is 8.95. The molecule has 0 saturated heterocycles. The summed E-state index contributed by atoms with van der Waals surface area (Å²) < 4.78 is 10.5. The highest BCUT2D eigenvalue weighted by atomic mass is 32.1. The molecule has 7 heteroatoms. The van der Waals surface area contributed by atoms with Crippen molar-refractivity contribution in [3.05, 3.63) is 28.8 Å². The van der Waals surface area contributed by atoms with Crippen LogP contribution < -0.4 is 5.32 Å². The first kappa shape index (κ1) is 16.7. The Labute approximate surface area is 143 Å². The molecule has 1 aromatic rings. The molecule has 2 aliphatic rings.